The van der Waals surface area contributed by atoms with Gasteiger partial charge in [-0.05, 0) is 29.3 Å². The molecular formula is C18H19NO5S. The molecular weight excluding hydrogens is 342 g/mol. The number of carbonyl (C=O) groups is 1. The van der Waals surface area contributed by atoms with Crippen molar-refractivity contribution in [3.05, 3.63) is 47.5 Å². The number of sulfone groups is 1. The summed E-state index contributed by atoms with van der Waals surface area (Å²) in [5.74, 6) is 0.832. The first-order chi connectivity index (χ1) is 11.8. The quantitative estimate of drug-likeness (QED) is 0.905. The Morgan fingerprint density at radius 3 is 2.20 bits per heavy atom. The monoisotopic (exact) mass is 361 g/mol. The molecule has 2 aromatic carbocycles. The van der Waals surface area contributed by atoms with Gasteiger partial charge in [0.15, 0.2) is 21.3 Å². The summed E-state index contributed by atoms with van der Waals surface area (Å²) in [6.07, 6.45) is 1.45. The highest BCUT2D eigenvalue weighted by molar-refractivity contribution is 7.90. The number of hydrogen-bond acceptors (Lipinski definition) is 5. The maximum absolute atomic E-state index is 12.1. The predicted octanol–water partition coefficient (Wildman–Crippen LogP) is 2.58. The van der Waals surface area contributed by atoms with Crippen molar-refractivity contribution < 1.29 is 22.7 Å². The van der Waals surface area contributed by atoms with Gasteiger partial charge >= 0.3 is 0 Å². The summed E-state index contributed by atoms with van der Waals surface area (Å²) in [6, 6.07) is 10.2. The van der Waals surface area contributed by atoms with Crippen LogP contribution in [0.5, 0.6) is 11.5 Å². The van der Waals surface area contributed by atoms with Gasteiger partial charge < -0.3 is 14.8 Å². The minimum atomic E-state index is -3.26. The molecule has 7 heteroatoms. The van der Waals surface area contributed by atoms with Crippen LogP contribution in [0.1, 0.15) is 23.5 Å². The Balaban J connectivity index is 2.08. The third kappa shape index (κ3) is 3.32. The Kier molecular flexibility index (Phi) is 4.43. The predicted molar refractivity (Wildman–Crippen MR) is 94.2 cm³/mol. The second-order valence-corrected chi connectivity index (χ2v) is 7.96. The summed E-state index contributed by atoms with van der Waals surface area (Å²) < 4.78 is 33.9. The number of nitrogens with one attached hydrogen (secondary N) is 1. The minimum Gasteiger partial charge on any atom is -0.493 e. The number of rotatable bonds is 4. The summed E-state index contributed by atoms with van der Waals surface area (Å²) in [5.41, 5.74) is 2.45. The van der Waals surface area contributed by atoms with Gasteiger partial charge in [-0.3, -0.25) is 4.79 Å². The highest BCUT2D eigenvalue weighted by Gasteiger charge is 2.28. The fourth-order valence-corrected chi connectivity index (χ4v) is 3.66. The molecule has 0 bridgehead atoms. The summed E-state index contributed by atoms with van der Waals surface area (Å²) in [4.78, 5) is 12.4. The van der Waals surface area contributed by atoms with Gasteiger partial charge in [-0.2, -0.15) is 0 Å². The molecule has 6 nitrogen and oxygen atoms in total. The van der Waals surface area contributed by atoms with E-state index < -0.39 is 9.84 Å². The third-order valence-electron chi connectivity index (χ3n) is 4.31. The standard InChI is InChI=1S/C18H19NO5S/c1-23-16-8-14-13(9-18(20)19-15(14)10-17(16)24-2)11-4-6-12(7-5-11)25(3,21)22/h4-8,10,13H,9H2,1-3H3,(H,19,20). The molecule has 1 aliphatic heterocycles. The van der Waals surface area contributed by atoms with Gasteiger partial charge in [-0.15, -0.1) is 0 Å². The molecule has 2 aromatic rings. The van der Waals surface area contributed by atoms with Crippen LogP contribution in [0.3, 0.4) is 0 Å². The van der Waals surface area contributed by atoms with Crippen molar-refractivity contribution in [3.63, 3.8) is 0 Å². The Morgan fingerprint density at radius 2 is 1.64 bits per heavy atom. The number of carbonyl (C=O) groups excluding carboxylic acids is 1. The lowest BCUT2D eigenvalue weighted by Gasteiger charge is -2.27. The van der Waals surface area contributed by atoms with Gasteiger partial charge in [0, 0.05) is 30.3 Å². The molecule has 0 aromatic heterocycles. The van der Waals surface area contributed by atoms with Crippen LogP contribution in [0, 0.1) is 0 Å². The van der Waals surface area contributed by atoms with Crippen molar-refractivity contribution in [2.75, 3.05) is 25.8 Å². The maximum Gasteiger partial charge on any atom is 0.225 e. The van der Waals surface area contributed by atoms with Crippen LogP contribution in [0.15, 0.2) is 41.3 Å². The van der Waals surface area contributed by atoms with Crippen LogP contribution in [-0.2, 0) is 14.6 Å². The van der Waals surface area contributed by atoms with E-state index in [0.29, 0.717) is 17.2 Å². The number of anilines is 1. The Bertz CT molecular complexity index is 919. The molecule has 132 valence electrons. The lowest BCUT2D eigenvalue weighted by atomic mass is 9.84. The van der Waals surface area contributed by atoms with Crippen LogP contribution in [0.25, 0.3) is 0 Å². The largest absolute Gasteiger partial charge is 0.493 e. The number of hydrogen-bond donors (Lipinski definition) is 1. The molecule has 1 heterocycles. The van der Waals surface area contributed by atoms with Crippen molar-refractivity contribution in [1.82, 2.24) is 0 Å². The van der Waals surface area contributed by atoms with E-state index in [1.165, 1.54) is 13.4 Å². The second-order valence-electron chi connectivity index (χ2n) is 5.94. The Morgan fingerprint density at radius 1 is 1.04 bits per heavy atom. The lowest BCUT2D eigenvalue weighted by Crippen LogP contribution is -2.23. The van der Waals surface area contributed by atoms with Gasteiger partial charge in [0.2, 0.25) is 5.91 Å². The van der Waals surface area contributed by atoms with Crippen LogP contribution in [0.4, 0.5) is 5.69 Å². The van der Waals surface area contributed by atoms with Crippen molar-refractivity contribution in [2.45, 2.75) is 17.2 Å². The number of ether oxygens (including phenoxy) is 2. The fraction of sp³-hybridized carbons (Fsp3) is 0.278. The summed E-state index contributed by atoms with van der Waals surface area (Å²) in [6.45, 7) is 0. The lowest BCUT2D eigenvalue weighted by molar-refractivity contribution is -0.116. The molecule has 1 atom stereocenters. The van der Waals surface area contributed by atoms with Gasteiger partial charge in [-0.25, -0.2) is 8.42 Å². The van der Waals surface area contributed by atoms with Gasteiger partial charge in [-0.1, -0.05) is 12.1 Å². The van der Waals surface area contributed by atoms with E-state index in [2.05, 4.69) is 5.32 Å². The zero-order chi connectivity index (χ0) is 18.2. The van der Waals surface area contributed by atoms with Crippen molar-refractivity contribution in [3.8, 4) is 11.5 Å². The summed E-state index contributed by atoms with van der Waals surface area (Å²) in [7, 11) is -0.162. The van der Waals surface area contributed by atoms with Crippen molar-refractivity contribution in [1.29, 1.82) is 0 Å². The highest BCUT2D eigenvalue weighted by Crippen LogP contribution is 2.43. The average Bonchev–Trinajstić information content (AvgIpc) is 2.59. The van der Waals surface area contributed by atoms with E-state index in [1.807, 2.05) is 6.07 Å². The first-order valence-electron chi connectivity index (χ1n) is 7.69. The second kappa shape index (κ2) is 6.40. The molecule has 1 N–H and O–H groups in total. The molecule has 0 saturated carbocycles. The van der Waals surface area contributed by atoms with Crippen LogP contribution in [0.2, 0.25) is 0 Å². The van der Waals surface area contributed by atoms with E-state index in [4.69, 9.17) is 9.47 Å². The number of methoxy groups -OCH3 is 2. The molecule has 0 radical (unpaired) electrons. The SMILES string of the molecule is COc1cc2c(cc1OC)C(c1ccc(S(C)(=O)=O)cc1)CC(=O)N2. The van der Waals surface area contributed by atoms with E-state index in [0.717, 1.165) is 11.1 Å². The minimum absolute atomic E-state index is 0.100. The summed E-state index contributed by atoms with van der Waals surface area (Å²) in [5, 5.41) is 2.85. The molecule has 3 rings (SSSR count). The van der Waals surface area contributed by atoms with E-state index in [-0.39, 0.29) is 23.1 Å². The van der Waals surface area contributed by atoms with Crippen LogP contribution in [-0.4, -0.2) is 34.8 Å². The molecule has 25 heavy (non-hydrogen) atoms. The average molecular weight is 361 g/mol. The van der Waals surface area contributed by atoms with Gasteiger partial charge in [0.05, 0.1) is 19.1 Å². The van der Waals surface area contributed by atoms with Crippen LogP contribution >= 0.6 is 0 Å². The molecule has 1 amide bonds. The molecule has 1 unspecified atom stereocenters. The zero-order valence-corrected chi connectivity index (χ0v) is 15.0. The van der Waals surface area contributed by atoms with Crippen LogP contribution < -0.4 is 14.8 Å². The number of benzene rings is 2. The van der Waals surface area contributed by atoms with Crippen molar-refractivity contribution >= 4 is 21.4 Å². The Labute approximate surface area is 146 Å². The number of amides is 1. The summed E-state index contributed by atoms with van der Waals surface area (Å²) >= 11 is 0. The normalized spacial score (nSPS) is 16.8. The smallest absolute Gasteiger partial charge is 0.225 e. The zero-order valence-electron chi connectivity index (χ0n) is 14.2. The maximum atomic E-state index is 12.1. The number of fused-ring (bicyclic) bond motifs is 1. The van der Waals surface area contributed by atoms with E-state index in [1.54, 1.807) is 37.4 Å². The first-order valence-corrected chi connectivity index (χ1v) is 9.58. The van der Waals surface area contributed by atoms with E-state index >= 15 is 0 Å². The first kappa shape index (κ1) is 17.3. The molecule has 0 saturated heterocycles. The van der Waals surface area contributed by atoms with Gasteiger partial charge in [0.1, 0.15) is 0 Å². The van der Waals surface area contributed by atoms with Crippen molar-refractivity contribution in [2.24, 2.45) is 0 Å². The van der Waals surface area contributed by atoms with E-state index in [9.17, 15) is 13.2 Å². The topological polar surface area (TPSA) is 81.7 Å². The highest BCUT2D eigenvalue weighted by atomic mass is 32.2. The molecule has 0 spiro atoms. The third-order valence-corrected chi connectivity index (χ3v) is 5.43. The fourth-order valence-electron chi connectivity index (χ4n) is 3.03. The molecule has 0 fully saturated rings. The Hall–Kier alpha value is -2.54. The van der Waals surface area contributed by atoms with Gasteiger partial charge in [0.25, 0.3) is 0 Å². The molecule has 1 aliphatic rings. The molecule has 0 aliphatic carbocycles.